The number of hydrogen-bond donors (Lipinski definition) is 3. The Labute approximate surface area is 138 Å². The van der Waals surface area contributed by atoms with Crippen LogP contribution in [-0.4, -0.2) is 60.0 Å². The number of esters is 1. The van der Waals surface area contributed by atoms with Crippen LogP contribution in [0.2, 0.25) is 0 Å². The second-order valence-electron chi connectivity index (χ2n) is 5.15. The van der Waals surface area contributed by atoms with Crippen molar-refractivity contribution in [2.75, 3.05) is 38.2 Å². The number of thiophene rings is 1. The molecule has 1 aromatic rings. The van der Waals surface area contributed by atoms with Gasteiger partial charge in [0.05, 0.1) is 25.4 Å². The first-order valence-electron chi connectivity index (χ1n) is 7.71. The minimum Gasteiger partial charge on any atom is -0.462 e. The van der Waals surface area contributed by atoms with Gasteiger partial charge in [-0.05, 0) is 31.7 Å². The molecule has 3 N–H and O–H groups in total. The molecule has 0 fully saturated rings. The fourth-order valence-corrected chi connectivity index (χ4v) is 3.91. The van der Waals surface area contributed by atoms with Crippen LogP contribution in [0.4, 0.5) is 9.80 Å². The van der Waals surface area contributed by atoms with Crippen LogP contribution >= 0.6 is 11.3 Å². The number of aliphatic hydroxyl groups excluding tert-OH is 2. The second-order valence-corrected chi connectivity index (χ2v) is 6.25. The number of ether oxygens (including phenoxy) is 1. The molecule has 0 saturated heterocycles. The second kappa shape index (κ2) is 8.28. The van der Waals surface area contributed by atoms with Crippen LogP contribution in [0.1, 0.15) is 34.1 Å². The Balaban J connectivity index is 2.22. The molecule has 0 saturated carbocycles. The lowest BCUT2D eigenvalue weighted by atomic mass is 10.1. The van der Waals surface area contributed by atoms with Gasteiger partial charge in [0.15, 0.2) is 0 Å². The molecule has 0 spiro atoms. The molecular formula is C15H22N2O5S. The average Bonchev–Trinajstić information content (AvgIpc) is 3.07. The van der Waals surface area contributed by atoms with Crippen molar-refractivity contribution in [3.8, 4) is 0 Å². The molecule has 0 aliphatic heterocycles. The third-order valence-corrected chi connectivity index (χ3v) is 4.86. The van der Waals surface area contributed by atoms with Crippen molar-refractivity contribution in [3.05, 3.63) is 16.0 Å². The van der Waals surface area contributed by atoms with Crippen molar-refractivity contribution in [1.29, 1.82) is 0 Å². The summed E-state index contributed by atoms with van der Waals surface area (Å²) < 4.78 is 5.11. The van der Waals surface area contributed by atoms with Gasteiger partial charge in [0.1, 0.15) is 5.00 Å². The molecule has 0 unspecified atom stereocenters. The molecule has 0 atom stereocenters. The zero-order valence-electron chi connectivity index (χ0n) is 13.1. The van der Waals surface area contributed by atoms with E-state index < -0.39 is 12.0 Å². The number of aryl methyl sites for hydroxylation is 1. The smallest absolute Gasteiger partial charge is 0.341 e. The molecular weight excluding hydrogens is 320 g/mol. The molecule has 0 bridgehead atoms. The number of hydrogen-bond acceptors (Lipinski definition) is 6. The first-order valence-corrected chi connectivity index (χ1v) is 8.53. The first kappa shape index (κ1) is 17.7. The average molecular weight is 342 g/mol. The number of aliphatic hydroxyl groups is 2. The Bertz CT molecular complexity index is 566. The lowest BCUT2D eigenvalue weighted by Crippen LogP contribution is -2.39. The Morgan fingerprint density at radius 2 is 1.96 bits per heavy atom. The van der Waals surface area contributed by atoms with Gasteiger partial charge in [0.2, 0.25) is 0 Å². The maximum absolute atomic E-state index is 12.3. The van der Waals surface area contributed by atoms with Crippen LogP contribution < -0.4 is 5.32 Å². The number of nitrogens with one attached hydrogen (secondary N) is 1. The van der Waals surface area contributed by atoms with Gasteiger partial charge in [-0.3, -0.25) is 5.32 Å². The summed E-state index contributed by atoms with van der Waals surface area (Å²) in [5, 5.41) is 21.2. The maximum atomic E-state index is 12.3. The van der Waals surface area contributed by atoms with Crippen molar-refractivity contribution in [2.24, 2.45) is 0 Å². The SMILES string of the molecule is CCOC(=O)c1c(NC(=O)N(CCO)CCO)sc2c1CCC2. The Hall–Kier alpha value is -1.64. The Kier molecular flexibility index (Phi) is 6.37. The van der Waals surface area contributed by atoms with Gasteiger partial charge in [-0.25, -0.2) is 9.59 Å². The minimum atomic E-state index is -0.446. The van der Waals surface area contributed by atoms with Crippen molar-refractivity contribution in [1.82, 2.24) is 4.90 Å². The van der Waals surface area contributed by atoms with Gasteiger partial charge < -0.3 is 19.8 Å². The van der Waals surface area contributed by atoms with E-state index in [4.69, 9.17) is 14.9 Å². The molecule has 2 amide bonds. The Morgan fingerprint density at radius 3 is 2.57 bits per heavy atom. The number of carbonyl (C=O) groups excluding carboxylic acids is 2. The molecule has 23 heavy (non-hydrogen) atoms. The van der Waals surface area contributed by atoms with E-state index in [2.05, 4.69) is 5.32 Å². The fourth-order valence-electron chi connectivity index (χ4n) is 2.64. The van der Waals surface area contributed by atoms with Gasteiger partial charge in [-0.2, -0.15) is 0 Å². The molecule has 2 rings (SSSR count). The van der Waals surface area contributed by atoms with E-state index in [1.807, 2.05) is 0 Å². The normalized spacial score (nSPS) is 12.8. The summed E-state index contributed by atoms with van der Waals surface area (Å²) >= 11 is 1.40. The van der Waals surface area contributed by atoms with Crippen molar-refractivity contribution in [3.63, 3.8) is 0 Å². The van der Waals surface area contributed by atoms with Gasteiger partial charge in [0.25, 0.3) is 0 Å². The summed E-state index contributed by atoms with van der Waals surface area (Å²) in [4.78, 5) is 26.9. The topological polar surface area (TPSA) is 99.1 Å². The summed E-state index contributed by atoms with van der Waals surface area (Å²) in [5.41, 5.74) is 1.42. The number of amides is 2. The quantitative estimate of drug-likeness (QED) is 0.647. The molecule has 8 heteroatoms. The minimum absolute atomic E-state index is 0.117. The molecule has 7 nitrogen and oxygen atoms in total. The fraction of sp³-hybridized carbons (Fsp3) is 0.600. The number of nitrogens with zero attached hydrogens (tertiary/aromatic N) is 1. The third-order valence-electron chi connectivity index (χ3n) is 3.65. The predicted molar refractivity (Wildman–Crippen MR) is 87.1 cm³/mol. The van der Waals surface area contributed by atoms with E-state index >= 15 is 0 Å². The van der Waals surface area contributed by atoms with E-state index in [1.165, 1.54) is 16.2 Å². The van der Waals surface area contributed by atoms with E-state index in [0.717, 1.165) is 29.7 Å². The van der Waals surface area contributed by atoms with E-state index in [-0.39, 0.29) is 32.9 Å². The summed E-state index contributed by atoms with van der Waals surface area (Å²) in [6, 6.07) is -0.446. The summed E-state index contributed by atoms with van der Waals surface area (Å²) in [5.74, 6) is -0.418. The molecule has 0 aromatic carbocycles. The van der Waals surface area contributed by atoms with Crippen LogP contribution in [-0.2, 0) is 17.6 Å². The predicted octanol–water partition coefficient (Wildman–Crippen LogP) is 1.23. The first-order chi connectivity index (χ1) is 11.1. The molecule has 0 radical (unpaired) electrons. The van der Waals surface area contributed by atoms with E-state index in [1.54, 1.807) is 6.92 Å². The standard InChI is InChI=1S/C15H22N2O5S/c1-2-22-14(20)12-10-4-3-5-11(10)23-13(12)16-15(21)17(6-8-18)7-9-19/h18-19H,2-9H2,1H3,(H,16,21). The monoisotopic (exact) mass is 342 g/mol. The number of rotatable bonds is 7. The van der Waals surface area contributed by atoms with Crippen molar-refractivity contribution in [2.45, 2.75) is 26.2 Å². The van der Waals surface area contributed by atoms with E-state index in [9.17, 15) is 9.59 Å². The zero-order valence-corrected chi connectivity index (χ0v) is 13.9. The molecule has 128 valence electrons. The highest BCUT2D eigenvalue weighted by molar-refractivity contribution is 7.17. The lowest BCUT2D eigenvalue weighted by Gasteiger charge is -2.21. The summed E-state index contributed by atoms with van der Waals surface area (Å²) in [6.07, 6.45) is 2.72. The van der Waals surface area contributed by atoms with Gasteiger partial charge in [0, 0.05) is 18.0 Å². The highest BCUT2D eigenvalue weighted by Gasteiger charge is 2.29. The van der Waals surface area contributed by atoms with Crippen LogP contribution in [0.25, 0.3) is 0 Å². The molecule has 1 heterocycles. The zero-order chi connectivity index (χ0) is 16.8. The molecule has 1 aliphatic rings. The number of anilines is 1. The van der Waals surface area contributed by atoms with Crippen LogP contribution in [0, 0.1) is 0 Å². The van der Waals surface area contributed by atoms with Gasteiger partial charge >= 0.3 is 12.0 Å². The number of carbonyl (C=O) groups is 2. The maximum Gasteiger partial charge on any atom is 0.341 e. The van der Waals surface area contributed by atoms with Crippen molar-refractivity contribution < 1.29 is 24.5 Å². The van der Waals surface area contributed by atoms with Crippen LogP contribution in [0.3, 0.4) is 0 Å². The highest BCUT2D eigenvalue weighted by atomic mass is 32.1. The van der Waals surface area contributed by atoms with E-state index in [0.29, 0.717) is 10.6 Å². The van der Waals surface area contributed by atoms with Gasteiger partial charge in [-0.1, -0.05) is 0 Å². The third kappa shape index (κ3) is 4.01. The molecule has 1 aromatic heterocycles. The largest absolute Gasteiger partial charge is 0.462 e. The molecule has 1 aliphatic carbocycles. The lowest BCUT2D eigenvalue weighted by molar-refractivity contribution is 0.0527. The van der Waals surface area contributed by atoms with Gasteiger partial charge in [-0.15, -0.1) is 11.3 Å². The van der Waals surface area contributed by atoms with Crippen molar-refractivity contribution >= 4 is 28.3 Å². The number of urea groups is 1. The Morgan fingerprint density at radius 1 is 1.26 bits per heavy atom. The summed E-state index contributed by atoms with van der Waals surface area (Å²) in [7, 11) is 0. The number of fused-ring (bicyclic) bond motifs is 1. The highest BCUT2D eigenvalue weighted by Crippen LogP contribution is 2.39. The van der Waals surface area contributed by atoms with Crippen LogP contribution in [0.5, 0.6) is 0 Å². The van der Waals surface area contributed by atoms with Crippen LogP contribution in [0.15, 0.2) is 0 Å². The summed E-state index contributed by atoms with van der Waals surface area (Å²) in [6.45, 7) is 1.86.